The van der Waals surface area contributed by atoms with Gasteiger partial charge < -0.3 is 24.2 Å². The van der Waals surface area contributed by atoms with Crippen molar-refractivity contribution in [3.8, 4) is 17.2 Å². The molecule has 0 aliphatic rings. The monoisotopic (exact) mass is 418 g/mol. The number of ether oxygens (including phenoxy) is 2. The molecule has 1 rings (SSSR count). The van der Waals surface area contributed by atoms with Crippen molar-refractivity contribution in [1.29, 1.82) is 0 Å². The van der Waals surface area contributed by atoms with Crippen molar-refractivity contribution < 1.29 is 23.5 Å². The van der Waals surface area contributed by atoms with Gasteiger partial charge in [0.25, 0.3) is 0 Å². The predicted octanol–water partition coefficient (Wildman–Crippen LogP) is 4.67. The summed E-state index contributed by atoms with van der Waals surface area (Å²) >= 11 is 0. The molecule has 0 radical (unpaired) electrons. The van der Waals surface area contributed by atoms with Gasteiger partial charge in [0.1, 0.15) is 0 Å². The molecule has 2 unspecified atom stereocenters. The van der Waals surface area contributed by atoms with Crippen LogP contribution in [0.3, 0.4) is 0 Å². The summed E-state index contributed by atoms with van der Waals surface area (Å²) in [5.41, 5.74) is 0.895. The Balaban J connectivity index is 0.00000227. The maximum Gasteiger partial charge on any atom is 0.456 e. The predicted molar refractivity (Wildman–Crippen MR) is 116 cm³/mol. The van der Waals surface area contributed by atoms with Crippen molar-refractivity contribution in [2.45, 2.75) is 66.3 Å². The Hall–Kier alpha value is -1.27. The number of methoxy groups -OCH3 is 2. The molecule has 0 aromatic heterocycles. The molecular formula is C20H39N2O5P. The fraction of sp³-hybridized carbons (Fsp3) is 0.700. The Morgan fingerprint density at radius 1 is 1.11 bits per heavy atom. The first-order valence-electron chi connectivity index (χ1n) is 9.98. The van der Waals surface area contributed by atoms with Crippen LogP contribution in [-0.4, -0.2) is 38.2 Å². The average Bonchev–Trinajstić information content (AvgIpc) is 2.65. The van der Waals surface area contributed by atoms with Gasteiger partial charge in [0, 0.05) is 19.1 Å². The van der Waals surface area contributed by atoms with Crippen molar-refractivity contribution in [3.63, 3.8) is 0 Å². The van der Waals surface area contributed by atoms with E-state index < -0.39 is 7.75 Å². The molecule has 0 spiro atoms. The highest BCUT2D eigenvalue weighted by molar-refractivity contribution is 7.51. The minimum absolute atomic E-state index is 0.109. The van der Waals surface area contributed by atoms with Crippen LogP contribution < -0.4 is 24.4 Å². The van der Waals surface area contributed by atoms with Gasteiger partial charge in [-0.15, -0.1) is 0 Å². The average molecular weight is 419 g/mol. The molecule has 0 saturated heterocycles. The van der Waals surface area contributed by atoms with Crippen LogP contribution in [0.4, 0.5) is 0 Å². The van der Waals surface area contributed by atoms with Crippen molar-refractivity contribution in [2.24, 2.45) is 0 Å². The van der Waals surface area contributed by atoms with Crippen molar-refractivity contribution in [3.05, 3.63) is 17.7 Å². The molecule has 0 aliphatic carbocycles. The second-order valence-electron chi connectivity index (χ2n) is 6.72. The Kier molecular flexibility index (Phi) is 14.0. The normalized spacial score (nSPS) is 13.7. The van der Waals surface area contributed by atoms with Gasteiger partial charge in [0.2, 0.25) is 5.75 Å². The molecule has 2 atom stereocenters. The van der Waals surface area contributed by atoms with E-state index in [0.717, 1.165) is 24.8 Å². The zero-order chi connectivity index (χ0) is 21.6. The van der Waals surface area contributed by atoms with Crippen LogP contribution in [0.2, 0.25) is 0 Å². The third kappa shape index (κ3) is 10.9. The largest absolute Gasteiger partial charge is 0.493 e. The van der Waals surface area contributed by atoms with Crippen molar-refractivity contribution >= 4 is 7.75 Å². The van der Waals surface area contributed by atoms with Gasteiger partial charge in [0.05, 0.1) is 14.2 Å². The lowest BCUT2D eigenvalue weighted by Crippen LogP contribution is -2.32. The van der Waals surface area contributed by atoms with E-state index in [9.17, 15) is 9.46 Å². The first-order valence-corrected chi connectivity index (χ1v) is 11.6. The zero-order valence-electron chi connectivity index (χ0n) is 18.5. The van der Waals surface area contributed by atoms with Gasteiger partial charge in [-0.2, -0.15) is 0 Å². The van der Waals surface area contributed by atoms with E-state index in [4.69, 9.17) is 14.0 Å². The lowest BCUT2D eigenvalue weighted by atomic mass is 10.1. The van der Waals surface area contributed by atoms with E-state index in [-0.39, 0.29) is 5.75 Å². The van der Waals surface area contributed by atoms with Crippen LogP contribution in [0.15, 0.2) is 12.1 Å². The highest BCUT2D eigenvalue weighted by atomic mass is 31.2. The molecule has 0 saturated carbocycles. The van der Waals surface area contributed by atoms with E-state index >= 15 is 0 Å². The van der Waals surface area contributed by atoms with E-state index in [0.29, 0.717) is 30.6 Å². The number of aryl methyl sites for hydroxylation is 1. The van der Waals surface area contributed by atoms with Gasteiger partial charge in [-0.05, 0) is 38.0 Å². The van der Waals surface area contributed by atoms with E-state index in [2.05, 4.69) is 38.1 Å². The second-order valence-corrected chi connectivity index (χ2v) is 8.26. The molecule has 3 N–H and O–H groups in total. The third-order valence-electron chi connectivity index (χ3n) is 3.74. The first kappa shape index (κ1) is 26.7. The molecule has 0 heterocycles. The molecule has 28 heavy (non-hydrogen) atoms. The molecule has 7 nitrogen and oxygen atoms in total. The molecule has 8 heteroatoms. The molecule has 164 valence electrons. The fourth-order valence-corrected chi connectivity index (χ4v) is 3.27. The smallest absolute Gasteiger partial charge is 0.456 e. The number of nitrogens with one attached hydrogen (secondary N) is 2. The molecule has 0 amide bonds. The molecule has 0 bridgehead atoms. The summed E-state index contributed by atoms with van der Waals surface area (Å²) in [4.78, 5) is 10.1. The summed E-state index contributed by atoms with van der Waals surface area (Å²) in [6.07, 6.45) is 4.65. The number of rotatable bonds is 12. The zero-order valence-corrected chi connectivity index (χ0v) is 19.4. The summed E-state index contributed by atoms with van der Waals surface area (Å²) in [6.45, 7) is 11.3. The number of hydrogen-bond acceptors (Lipinski definition) is 5. The lowest BCUT2D eigenvalue weighted by molar-refractivity contribution is 0.325. The molecule has 1 aromatic carbocycles. The Morgan fingerprint density at radius 3 is 2.11 bits per heavy atom. The van der Waals surface area contributed by atoms with Crippen LogP contribution in [0.1, 0.15) is 58.9 Å². The van der Waals surface area contributed by atoms with Crippen LogP contribution in [0.25, 0.3) is 0 Å². The lowest BCUT2D eigenvalue weighted by Gasteiger charge is -2.19. The van der Waals surface area contributed by atoms with E-state index in [1.165, 1.54) is 20.6 Å². The quantitative estimate of drug-likeness (QED) is 0.336. The van der Waals surface area contributed by atoms with Crippen LogP contribution in [0, 0.1) is 6.92 Å². The number of unbranched alkanes of at least 4 members (excludes halogenated alkanes) is 1. The number of hydrogen-bond donors (Lipinski definition) is 3. The number of benzene rings is 1. The topological polar surface area (TPSA) is 89.1 Å². The molecular weight excluding hydrogens is 379 g/mol. The Morgan fingerprint density at radius 2 is 1.64 bits per heavy atom. The maximum absolute atomic E-state index is 12.3. The van der Waals surface area contributed by atoms with Gasteiger partial charge in [-0.25, -0.2) is 9.65 Å². The van der Waals surface area contributed by atoms with Gasteiger partial charge in [0.15, 0.2) is 11.5 Å². The highest BCUT2D eigenvalue weighted by Crippen LogP contribution is 2.47. The summed E-state index contributed by atoms with van der Waals surface area (Å²) in [6, 6.07) is 3.81. The van der Waals surface area contributed by atoms with Gasteiger partial charge in [-0.3, -0.25) is 0 Å². The van der Waals surface area contributed by atoms with Gasteiger partial charge in [-0.1, -0.05) is 40.0 Å². The SMILES string of the molecule is CCC.CCCCC(C)NCCNP(=O)(O)Oc1c(OC)cc(C)cc1OC. The molecule has 0 fully saturated rings. The van der Waals surface area contributed by atoms with Gasteiger partial charge >= 0.3 is 7.75 Å². The Labute approximate surface area is 170 Å². The fourth-order valence-electron chi connectivity index (χ4n) is 2.39. The minimum Gasteiger partial charge on any atom is -0.493 e. The second kappa shape index (κ2) is 14.7. The van der Waals surface area contributed by atoms with E-state index in [1.54, 1.807) is 12.1 Å². The van der Waals surface area contributed by atoms with Crippen LogP contribution in [-0.2, 0) is 4.57 Å². The third-order valence-corrected chi connectivity index (χ3v) is 4.79. The molecule has 0 aliphatic heterocycles. The van der Waals surface area contributed by atoms with Crippen LogP contribution in [0.5, 0.6) is 17.2 Å². The first-order chi connectivity index (χ1) is 13.2. The van der Waals surface area contributed by atoms with Crippen LogP contribution >= 0.6 is 7.75 Å². The standard InChI is InChI=1S/C17H31N2O5P.C3H8/c1-6-7-8-14(3)18-9-10-19-25(20,21)24-17-15(22-4)11-13(2)12-16(17)23-5;1-3-2/h11-12,14,18H,6-10H2,1-5H3,(H2,19,20,21);3H2,1-2H3. The van der Waals surface area contributed by atoms with Crippen molar-refractivity contribution in [1.82, 2.24) is 10.4 Å². The molecule has 1 aromatic rings. The highest BCUT2D eigenvalue weighted by Gasteiger charge is 2.25. The summed E-state index contributed by atoms with van der Waals surface area (Å²) in [5.74, 6) is 0.802. The minimum atomic E-state index is -4.04. The summed E-state index contributed by atoms with van der Waals surface area (Å²) in [5, 5.41) is 5.86. The Bertz CT molecular complexity index is 573. The summed E-state index contributed by atoms with van der Waals surface area (Å²) in [7, 11) is -1.10. The van der Waals surface area contributed by atoms with Crippen molar-refractivity contribution in [2.75, 3.05) is 27.3 Å². The van der Waals surface area contributed by atoms with E-state index in [1.807, 2.05) is 6.92 Å². The summed E-state index contributed by atoms with van der Waals surface area (Å²) < 4.78 is 28.1. The maximum atomic E-state index is 12.3.